The summed E-state index contributed by atoms with van der Waals surface area (Å²) < 4.78 is 5.92. The van der Waals surface area contributed by atoms with Crippen molar-refractivity contribution in [3.8, 4) is 6.07 Å². The van der Waals surface area contributed by atoms with Gasteiger partial charge in [-0.2, -0.15) is 5.26 Å². The van der Waals surface area contributed by atoms with Gasteiger partial charge in [-0.15, -0.1) is 11.3 Å². The minimum absolute atomic E-state index is 0.112. The van der Waals surface area contributed by atoms with Gasteiger partial charge < -0.3 is 4.74 Å². The van der Waals surface area contributed by atoms with Crippen LogP contribution in [-0.2, 0) is 11.2 Å². The Balaban J connectivity index is 1.78. The third kappa shape index (κ3) is 3.83. The van der Waals surface area contributed by atoms with E-state index in [1.165, 1.54) is 24.1 Å². The van der Waals surface area contributed by atoms with Gasteiger partial charge in [0.15, 0.2) is 0 Å². The summed E-state index contributed by atoms with van der Waals surface area (Å²) in [5, 5.41) is 11.2. The van der Waals surface area contributed by atoms with E-state index in [9.17, 15) is 0 Å². The molecule has 3 heteroatoms. The molecular weight excluding hydrogens is 230 g/mol. The van der Waals surface area contributed by atoms with Gasteiger partial charge in [0.1, 0.15) is 0 Å². The summed E-state index contributed by atoms with van der Waals surface area (Å²) in [6.45, 7) is 0.753. The zero-order chi connectivity index (χ0) is 11.9. The van der Waals surface area contributed by atoms with Crippen LogP contribution in [0.25, 0.3) is 0 Å². The molecule has 0 saturated heterocycles. The van der Waals surface area contributed by atoms with Crippen LogP contribution in [-0.4, -0.2) is 12.7 Å². The maximum atomic E-state index is 9.14. The molecule has 17 heavy (non-hydrogen) atoms. The molecule has 0 bridgehead atoms. The third-order valence-corrected chi connectivity index (χ3v) is 4.32. The molecule has 1 aliphatic carbocycles. The quantitative estimate of drug-likeness (QED) is 0.761. The third-order valence-electron chi connectivity index (χ3n) is 3.38. The molecule has 2 atom stereocenters. The van der Waals surface area contributed by atoms with Gasteiger partial charge in [-0.3, -0.25) is 0 Å². The molecule has 0 amide bonds. The van der Waals surface area contributed by atoms with Crippen LogP contribution in [0.4, 0.5) is 0 Å². The molecule has 0 spiro atoms. The van der Waals surface area contributed by atoms with Crippen LogP contribution >= 0.6 is 11.3 Å². The normalized spacial score (nSPS) is 25.1. The van der Waals surface area contributed by atoms with Gasteiger partial charge in [0, 0.05) is 11.3 Å². The van der Waals surface area contributed by atoms with E-state index in [2.05, 4.69) is 23.6 Å². The topological polar surface area (TPSA) is 33.0 Å². The molecule has 1 fully saturated rings. The molecule has 2 rings (SSSR count). The van der Waals surface area contributed by atoms with E-state index in [4.69, 9.17) is 10.00 Å². The number of thiophene rings is 1. The Bertz CT molecular complexity index is 355. The number of rotatable bonds is 4. The number of nitrogens with zero attached hydrogens (tertiary/aromatic N) is 1. The van der Waals surface area contributed by atoms with E-state index >= 15 is 0 Å². The molecule has 1 heterocycles. The highest BCUT2D eigenvalue weighted by Crippen LogP contribution is 2.25. The molecule has 2 unspecified atom stereocenters. The minimum atomic E-state index is 0.112. The van der Waals surface area contributed by atoms with Crippen molar-refractivity contribution in [3.63, 3.8) is 0 Å². The first kappa shape index (κ1) is 12.6. The van der Waals surface area contributed by atoms with Gasteiger partial charge in [0.05, 0.1) is 24.7 Å². The highest BCUT2D eigenvalue weighted by molar-refractivity contribution is 7.09. The van der Waals surface area contributed by atoms with E-state index in [1.807, 2.05) is 0 Å². The predicted molar refractivity (Wildman–Crippen MR) is 70.0 cm³/mol. The van der Waals surface area contributed by atoms with Crippen molar-refractivity contribution in [2.75, 3.05) is 6.61 Å². The smallest absolute Gasteiger partial charge is 0.0733 e. The lowest BCUT2D eigenvalue weighted by Gasteiger charge is -2.19. The average molecular weight is 249 g/mol. The molecule has 0 N–H and O–H groups in total. The van der Waals surface area contributed by atoms with E-state index in [0.29, 0.717) is 0 Å². The molecule has 0 aromatic carbocycles. The van der Waals surface area contributed by atoms with Crippen molar-refractivity contribution in [1.29, 1.82) is 5.26 Å². The van der Waals surface area contributed by atoms with Crippen LogP contribution in [0.1, 0.15) is 37.0 Å². The lowest BCUT2D eigenvalue weighted by atomic mass is 9.99. The van der Waals surface area contributed by atoms with Gasteiger partial charge in [-0.25, -0.2) is 0 Å². The van der Waals surface area contributed by atoms with E-state index in [1.54, 1.807) is 11.3 Å². The maximum absolute atomic E-state index is 9.14. The lowest BCUT2D eigenvalue weighted by Crippen LogP contribution is -2.22. The summed E-state index contributed by atoms with van der Waals surface area (Å²) in [6, 6.07) is 6.63. The van der Waals surface area contributed by atoms with E-state index in [0.717, 1.165) is 25.9 Å². The standard InChI is InChI=1S/C14H19NOS/c15-11-12-5-2-1-3-7-14(12)16-9-8-13-6-4-10-17-13/h4,6,10,12,14H,1-3,5,7-9H2. The Morgan fingerprint density at radius 2 is 2.24 bits per heavy atom. The molecule has 0 radical (unpaired) electrons. The number of nitriles is 1. The Kier molecular flexibility index (Phi) is 5.03. The Hall–Kier alpha value is -0.850. The highest BCUT2D eigenvalue weighted by Gasteiger charge is 2.23. The van der Waals surface area contributed by atoms with Crippen LogP contribution in [0.5, 0.6) is 0 Å². The fraction of sp³-hybridized carbons (Fsp3) is 0.643. The average Bonchev–Trinajstić information content (AvgIpc) is 2.75. The lowest BCUT2D eigenvalue weighted by molar-refractivity contribution is 0.0253. The second-order valence-corrected chi connectivity index (χ2v) is 5.64. The summed E-state index contributed by atoms with van der Waals surface area (Å²) >= 11 is 1.78. The van der Waals surface area contributed by atoms with Gasteiger partial charge in [-0.05, 0) is 24.3 Å². The highest BCUT2D eigenvalue weighted by atomic mass is 32.1. The van der Waals surface area contributed by atoms with Crippen molar-refractivity contribution in [1.82, 2.24) is 0 Å². The maximum Gasteiger partial charge on any atom is 0.0733 e. The Morgan fingerprint density at radius 1 is 1.35 bits per heavy atom. The van der Waals surface area contributed by atoms with Gasteiger partial charge in [-0.1, -0.05) is 25.3 Å². The summed E-state index contributed by atoms with van der Waals surface area (Å²) in [4.78, 5) is 1.37. The summed E-state index contributed by atoms with van der Waals surface area (Å²) in [5.74, 6) is 0.112. The summed E-state index contributed by atoms with van der Waals surface area (Å²) in [5.41, 5.74) is 0. The zero-order valence-electron chi connectivity index (χ0n) is 10.1. The Labute approximate surface area is 107 Å². The molecule has 1 aromatic rings. The van der Waals surface area contributed by atoms with Gasteiger partial charge in [0.2, 0.25) is 0 Å². The molecular formula is C14H19NOS. The first-order valence-corrected chi connectivity index (χ1v) is 7.31. The summed E-state index contributed by atoms with van der Waals surface area (Å²) in [6.07, 6.45) is 6.87. The Morgan fingerprint density at radius 3 is 3.00 bits per heavy atom. The second kappa shape index (κ2) is 6.78. The minimum Gasteiger partial charge on any atom is -0.376 e. The van der Waals surface area contributed by atoms with E-state index in [-0.39, 0.29) is 12.0 Å². The van der Waals surface area contributed by atoms with Crippen LogP contribution in [0.3, 0.4) is 0 Å². The van der Waals surface area contributed by atoms with Crippen LogP contribution in [0.2, 0.25) is 0 Å². The number of hydrogen-bond donors (Lipinski definition) is 0. The van der Waals surface area contributed by atoms with Crippen molar-refractivity contribution >= 4 is 11.3 Å². The molecule has 92 valence electrons. The second-order valence-electron chi connectivity index (χ2n) is 4.61. The monoisotopic (exact) mass is 249 g/mol. The van der Waals surface area contributed by atoms with Crippen molar-refractivity contribution in [2.45, 2.75) is 44.6 Å². The largest absolute Gasteiger partial charge is 0.376 e. The zero-order valence-corrected chi connectivity index (χ0v) is 10.9. The van der Waals surface area contributed by atoms with Gasteiger partial charge in [0.25, 0.3) is 0 Å². The van der Waals surface area contributed by atoms with Crippen LogP contribution in [0, 0.1) is 17.2 Å². The number of hydrogen-bond acceptors (Lipinski definition) is 3. The predicted octanol–water partition coefficient (Wildman–Crippen LogP) is 3.78. The van der Waals surface area contributed by atoms with Crippen LogP contribution in [0.15, 0.2) is 17.5 Å². The first-order valence-electron chi connectivity index (χ1n) is 6.44. The summed E-state index contributed by atoms with van der Waals surface area (Å²) in [7, 11) is 0. The number of ether oxygens (including phenoxy) is 1. The fourth-order valence-electron chi connectivity index (χ4n) is 2.39. The van der Waals surface area contributed by atoms with Crippen molar-refractivity contribution < 1.29 is 4.74 Å². The van der Waals surface area contributed by atoms with Gasteiger partial charge >= 0.3 is 0 Å². The molecule has 2 nitrogen and oxygen atoms in total. The molecule has 1 saturated carbocycles. The molecule has 0 aliphatic heterocycles. The van der Waals surface area contributed by atoms with E-state index < -0.39 is 0 Å². The molecule has 1 aromatic heterocycles. The van der Waals surface area contributed by atoms with Crippen molar-refractivity contribution in [3.05, 3.63) is 22.4 Å². The fourth-order valence-corrected chi connectivity index (χ4v) is 3.08. The molecule has 1 aliphatic rings. The SMILES string of the molecule is N#CC1CCCCCC1OCCc1cccs1. The van der Waals surface area contributed by atoms with Crippen molar-refractivity contribution in [2.24, 2.45) is 5.92 Å². The van der Waals surface area contributed by atoms with Crippen LogP contribution < -0.4 is 0 Å². The first-order chi connectivity index (χ1) is 8.40.